The summed E-state index contributed by atoms with van der Waals surface area (Å²) in [6, 6.07) is 14.0. The van der Waals surface area contributed by atoms with E-state index in [1.165, 1.54) is 13.2 Å². The number of carbonyl (C=O) groups is 2. The molecule has 0 aliphatic heterocycles. The fraction of sp³-hybridized carbons (Fsp3) is 0.321. The number of esters is 1. The van der Waals surface area contributed by atoms with E-state index < -0.39 is 11.8 Å². The highest BCUT2D eigenvalue weighted by Gasteiger charge is 2.37. The molecule has 1 aliphatic carbocycles. The molecular weight excluding hydrogens is 433 g/mol. The maximum atomic E-state index is 14.3. The molecule has 1 aromatic heterocycles. The summed E-state index contributed by atoms with van der Waals surface area (Å²) in [5.41, 5.74) is 3.11. The van der Waals surface area contributed by atoms with E-state index in [2.05, 4.69) is 4.98 Å². The molecule has 6 heteroatoms. The second-order valence-corrected chi connectivity index (χ2v) is 8.96. The number of Topliss-reactive ketones (excluding diaryl/α,β-unsaturated/α-hetero) is 1. The number of benzene rings is 2. The minimum atomic E-state index is -0.473. The van der Waals surface area contributed by atoms with E-state index in [0.717, 1.165) is 24.6 Å². The Labute approximate surface area is 198 Å². The first-order valence-electron chi connectivity index (χ1n) is 11.4. The summed E-state index contributed by atoms with van der Waals surface area (Å²) in [4.78, 5) is 28.9. The fourth-order valence-corrected chi connectivity index (χ4v) is 4.39. The largest absolute Gasteiger partial charge is 0.481 e. The van der Waals surface area contributed by atoms with Gasteiger partial charge >= 0.3 is 5.97 Å². The van der Waals surface area contributed by atoms with Gasteiger partial charge in [0.25, 0.3) is 0 Å². The lowest BCUT2D eigenvalue weighted by atomic mass is 9.81. The van der Waals surface area contributed by atoms with Crippen molar-refractivity contribution in [1.29, 1.82) is 0 Å². The normalized spacial score (nSPS) is 14.9. The van der Waals surface area contributed by atoms with Crippen molar-refractivity contribution in [3.05, 3.63) is 77.2 Å². The van der Waals surface area contributed by atoms with Gasteiger partial charge in [0.1, 0.15) is 17.3 Å². The molecule has 1 fully saturated rings. The quantitative estimate of drug-likeness (QED) is 0.298. The topological polar surface area (TPSA) is 65.5 Å². The minimum absolute atomic E-state index is 0.0965. The molecule has 4 rings (SSSR count). The molecule has 0 amide bonds. The highest BCUT2D eigenvalue weighted by molar-refractivity contribution is 5.91. The number of ketones is 1. The van der Waals surface area contributed by atoms with E-state index in [1.807, 2.05) is 25.1 Å². The minimum Gasteiger partial charge on any atom is -0.481 e. The predicted octanol–water partition coefficient (Wildman–Crippen LogP) is 6.14. The molecule has 1 heterocycles. The standard InChI is InChI=1S/C28H28FNO4/c1-16-12-20(23-14-26(33-4)30-15-24(23)29)10-11-25(16)34-28(32)22-7-5-6-21(13-22)27(19-8-9-19)17(2)18(3)31/h5-7,10-15,17,19,27H,8-9H2,1-4H3/t17-,27+/m1/s1. The van der Waals surface area contributed by atoms with Gasteiger partial charge in [-0.1, -0.05) is 25.1 Å². The fourth-order valence-electron chi connectivity index (χ4n) is 4.39. The molecule has 5 nitrogen and oxygen atoms in total. The van der Waals surface area contributed by atoms with Crippen LogP contribution in [0.3, 0.4) is 0 Å². The van der Waals surface area contributed by atoms with Crippen LogP contribution in [0, 0.1) is 24.6 Å². The van der Waals surface area contributed by atoms with E-state index in [9.17, 15) is 14.0 Å². The molecule has 0 saturated heterocycles. The van der Waals surface area contributed by atoms with Crippen LogP contribution in [0.2, 0.25) is 0 Å². The summed E-state index contributed by atoms with van der Waals surface area (Å²) in [6.07, 6.45) is 3.32. The van der Waals surface area contributed by atoms with Crippen LogP contribution in [0.1, 0.15) is 54.1 Å². The summed E-state index contributed by atoms with van der Waals surface area (Å²) in [5.74, 6) is 0.422. The molecule has 1 saturated carbocycles. The zero-order valence-corrected chi connectivity index (χ0v) is 19.8. The number of hydrogen-bond acceptors (Lipinski definition) is 5. The van der Waals surface area contributed by atoms with Crippen molar-refractivity contribution in [2.24, 2.45) is 11.8 Å². The molecule has 0 radical (unpaired) electrons. The van der Waals surface area contributed by atoms with Crippen molar-refractivity contribution in [2.75, 3.05) is 7.11 Å². The van der Waals surface area contributed by atoms with Gasteiger partial charge in [0.15, 0.2) is 0 Å². The molecule has 0 bridgehead atoms. The number of aromatic nitrogens is 1. The first kappa shape index (κ1) is 23.6. The summed E-state index contributed by atoms with van der Waals surface area (Å²) in [7, 11) is 1.47. The maximum absolute atomic E-state index is 14.3. The predicted molar refractivity (Wildman–Crippen MR) is 128 cm³/mol. The number of carbonyl (C=O) groups excluding carboxylic acids is 2. The Morgan fingerprint density at radius 3 is 2.53 bits per heavy atom. The van der Waals surface area contributed by atoms with Crippen molar-refractivity contribution in [3.63, 3.8) is 0 Å². The Hall–Kier alpha value is -3.54. The number of nitrogens with zero attached hydrogens (tertiary/aromatic N) is 1. The third-order valence-corrected chi connectivity index (χ3v) is 6.54. The Bertz CT molecular complexity index is 1230. The van der Waals surface area contributed by atoms with Crippen LogP contribution >= 0.6 is 0 Å². The molecule has 3 aromatic rings. The smallest absolute Gasteiger partial charge is 0.343 e. The molecule has 34 heavy (non-hydrogen) atoms. The van der Waals surface area contributed by atoms with Crippen LogP contribution in [0.4, 0.5) is 4.39 Å². The highest BCUT2D eigenvalue weighted by atomic mass is 19.1. The summed E-state index contributed by atoms with van der Waals surface area (Å²) in [5, 5.41) is 0. The molecule has 176 valence electrons. The van der Waals surface area contributed by atoms with Gasteiger partial charge in [0, 0.05) is 17.5 Å². The maximum Gasteiger partial charge on any atom is 0.343 e. The van der Waals surface area contributed by atoms with Crippen LogP contribution < -0.4 is 9.47 Å². The SMILES string of the molecule is COc1cc(-c2ccc(OC(=O)c3cccc([C@H](C4CC4)[C@H](C)C(C)=O)c3)c(C)c2)c(F)cn1. The van der Waals surface area contributed by atoms with E-state index in [1.54, 1.807) is 38.1 Å². The molecule has 1 aliphatic rings. The second-order valence-electron chi connectivity index (χ2n) is 8.96. The van der Waals surface area contributed by atoms with Crippen LogP contribution in [0.15, 0.2) is 54.7 Å². The van der Waals surface area contributed by atoms with Gasteiger partial charge in [-0.2, -0.15) is 0 Å². The second kappa shape index (κ2) is 9.75. The lowest BCUT2D eigenvalue weighted by molar-refractivity contribution is -0.121. The average molecular weight is 462 g/mol. The van der Waals surface area contributed by atoms with Crippen molar-refractivity contribution >= 4 is 11.8 Å². The van der Waals surface area contributed by atoms with Gasteiger partial charge in [-0.05, 0) is 79.5 Å². The van der Waals surface area contributed by atoms with E-state index in [-0.39, 0.29) is 17.6 Å². The van der Waals surface area contributed by atoms with Crippen LogP contribution in [0.5, 0.6) is 11.6 Å². The third-order valence-electron chi connectivity index (χ3n) is 6.54. The summed E-state index contributed by atoms with van der Waals surface area (Å²) >= 11 is 0. The number of halogens is 1. The van der Waals surface area contributed by atoms with Gasteiger partial charge in [-0.3, -0.25) is 4.79 Å². The Morgan fingerprint density at radius 2 is 1.88 bits per heavy atom. The van der Waals surface area contributed by atoms with Crippen molar-refractivity contribution in [2.45, 2.75) is 39.5 Å². The number of ether oxygens (including phenoxy) is 2. The number of methoxy groups -OCH3 is 1. The number of hydrogen-bond donors (Lipinski definition) is 0. The van der Waals surface area contributed by atoms with E-state index >= 15 is 0 Å². The number of pyridine rings is 1. The molecule has 2 atom stereocenters. The molecule has 0 unspecified atom stereocenters. The van der Waals surface area contributed by atoms with Gasteiger partial charge < -0.3 is 9.47 Å². The van der Waals surface area contributed by atoms with Gasteiger partial charge in [-0.15, -0.1) is 0 Å². The van der Waals surface area contributed by atoms with Crippen LogP contribution in [-0.4, -0.2) is 23.8 Å². The van der Waals surface area contributed by atoms with Gasteiger partial charge in [0.2, 0.25) is 5.88 Å². The third kappa shape index (κ3) is 5.01. The van der Waals surface area contributed by atoms with Gasteiger partial charge in [-0.25, -0.2) is 14.2 Å². The van der Waals surface area contributed by atoms with Gasteiger partial charge in [0.05, 0.1) is 18.9 Å². The summed E-state index contributed by atoms with van der Waals surface area (Å²) in [6.45, 7) is 5.39. The van der Waals surface area contributed by atoms with E-state index in [4.69, 9.17) is 9.47 Å². The van der Waals surface area contributed by atoms with E-state index in [0.29, 0.717) is 39.8 Å². The van der Waals surface area contributed by atoms with Crippen LogP contribution in [0.25, 0.3) is 11.1 Å². The Balaban J connectivity index is 1.55. The number of aryl methyl sites for hydroxylation is 1. The lowest BCUT2D eigenvalue weighted by Gasteiger charge is -2.22. The number of rotatable bonds is 8. The molecule has 0 spiro atoms. The van der Waals surface area contributed by atoms with Crippen molar-refractivity contribution < 1.29 is 23.5 Å². The molecular formula is C28H28FNO4. The molecule has 0 N–H and O–H groups in total. The van der Waals surface area contributed by atoms with Crippen LogP contribution in [-0.2, 0) is 4.79 Å². The zero-order chi connectivity index (χ0) is 24.4. The zero-order valence-electron chi connectivity index (χ0n) is 19.8. The first-order chi connectivity index (χ1) is 16.3. The van der Waals surface area contributed by atoms with Crippen molar-refractivity contribution in [1.82, 2.24) is 4.98 Å². The Morgan fingerprint density at radius 1 is 1.12 bits per heavy atom. The molecule has 2 aromatic carbocycles. The summed E-state index contributed by atoms with van der Waals surface area (Å²) < 4.78 is 25.1. The first-order valence-corrected chi connectivity index (χ1v) is 11.4. The lowest BCUT2D eigenvalue weighted by Crippen LogP contribution is -2.19. The highest BCUT2D eigenvalue weighted by Crippen LogP contribution is 2.47. The average Bonchev–Trinajstić information content (AvgIpc) is 3.66. The van der Waals surface area contributed by atoms with Crippen molar-refractivity contribution in [3.8, 4) is 22.8 Å². The monoisotopic (exact) mass is 461 g/mol. The Kier molecular flexibility index (Phi) is 6.77.